The molecule has 25 nitrogen and oxygen atoms in total. The van der Waals surface area contributed by atoms with Gasteiger partial charge in [-0.05, 0) is 54.7 Å². The number of hydrogen-bond acceptors (Lipinski definition) is 15. The van der Waals surface area contributed by atoms with Crippen molar-refractivity contribution in [2.45, 2.75) is 122 Å². The minimum absolute atomic E-state index is 0.00616. The number of aromatic hydroxyl groups is 1. The fourth-order valence-corrected chi connectivity index (χ4v) is 6.08. The highest BCUT2D eigenvalue weighted by Crippen LogP contribution is 2.13. The second kappa shape index (κ2) is 29.3. The van der Waals surface area contributed by atoms with Crippen LogP contribution in [0.4, 0.5) is 0 Å². The van der Waals surface area contributed by atoms with Gasteiger partial charge in [0.2, 0.25) is 53.2 Å². The van der Waals surface area contributed by atoms with Crippen LogP contribution in [-0.4, -0.2) is 159 Å². The van der Waals surface area contributed by atoms with Crippen LogP contribution in [0, 0.1) is 17.8 Å². The molecule has 0 fully saturated rings. The first-order valence-corrected chi connectivity index (χ1v) is 21.6. The first-order valence-electron chi connectivity index (χ1n) is 21.6. The molecule has 0 radical (unpaired) electrons. The number of benzene rings is 1. The molecule has 0 saturated carbocycles. The molecule has 0 saturated heterocycles. The van der Waals surface area contributed by atoms with Gasteiger partial charge in [-0.1, -0.05) is 53.7 Å². The number of phenolic OH excluding ortho intramolecular Hbond substituents is 1. The largest absolute Gasteiger partial charge is 0.508 e. The zero-order chi connectivity index (χ0) is 51.1. The number of carbonyl (C=O) groups excluding carboxylic acids is 9. The number of nitrogens with one attached hydrogen (secondary N) is 8. The lowest BCUT2D eigenvalue weighted by Gasteiger charge is -2.27. The normalized spacial score (nSPS) is 14.8. The number of carbonyl (C=O) groups is 10. The van der Waals surface area contributed by atoms with Crippen LogP contribution >= 0.6 is 0 Å². The molecular weight excluding hydrogens is 885 g/mol. The first-order chi connectivity index (χ1) is 31.3. The molecular formula is C42H68N10O15. The van der Waals surface area contributed by atoms with E-state index in [4.69, 9.17) is 11.5 Å². The third-order valence-corrected chi connectivity index (χ3v) is 9.89. The van der Waals surface area contributed by atoms with E-state index in [1.165, 1.54) is 24.3 Å². The average Bonchev–Trinajstić information content (AvgIpc) is 3.25. The Hall–Kier alpha value is -6.44. The van der Waals surface area contributed by atoms with Gasteiger partial charge in [-0.15, -0.1) is 0 Å². The Balaban J connectivity index is 3.10. The third kappa shape index (κ3) is 21.6. The van der Waals surface area contributed by atoms with Gasteiger partial charge in [0.1, 0.15) is 48.0 Å². The summed E-state index contributed by atoms with van der Waals surface area (Å²) < 4.78 is 0. The predicted octanol–water partition coefficient (Wildman–Crippen LogP) is -5.15. The predicted molar refractivity (Wildman–Crippen MR) is 237 cm³/mol. The molecule has 0 aliphatic carbocycles. The molecule has 8 unspecified atom stereocenters. The van der Waals surface area contributed by atoms with Gasteiger partial charge >= 0.3 is 5.97 Å². The number of aliphatic carboxylic acids is 1. The molecule has 9 amide bonds. The van der Waals surface area contributed by atoms with Crippen molar-refractivity contribution in [2.24, 2.45) is 29.2 Å². The number of aliphatic hydroxyl groups is 3. The number of amides is 9. The summed E-state index contributed by atoms with van der Waals surface area (Å²) in [5, 5.41) is 67.0. The van der Waals surface area contributed by atoms with E-state index in [1.807, 2.05) is 0 Å². The van der Waals surface area contributed by atoms with Gasteiger partial charge in [0.05, 0.1) is 32.4 Å². The Morgan fingerprint density at radius 2 is 0.940 bits per heavy atom. The summed E-state index contributed by atoms with van der Waals surface area (Å²) >= 11 is 0. The maximum atomic E-state index is 13.6. The Morgan fingerprint density at radius 3 is 1.40 bits per heavy atom. The summed E-state index contributed by atoms with van der Waals surface area (Å²) in [4.78, 5) is 129. The maximum Gasteiger partial charge on any atom is 0.328 e. The molecule has 0 bridgehead atoms. The number of carboxylic acids is 1. The molecule has 17 N–H and O–H groups in total. The van der Waals surface area contributed by atoms with Gasteiger partial charge in [-0.25, -0.2) is 4.79 Å². The fourth-order valence-electron chi connectivity index (χ4n) is 6.08. The minimum atomic E-state index is -1.80. The summed E-state index contributed by atoms with van der Waals surface area (Å²) in [6, 6.07) is -6.13. The van der Waals surface area contributed by atoms with E-state index >= 15 is 0 Å². The Kier molecular flexibility index (Phi) is 25.6. The smallest absolute Gasteiger partial charge is 0.328 e. The number of hydrogen-bond donors (Lipinski definition) is 15. The molecule has 0 aliphatic rings. The molecule has 0 aromatic heterocycles. The van der Waals surface area contributed by atoms with E-state index in [9.17, 15) is 73.5 Å². The van der Waals surface area contributed by atoms with Crippen molar-refractivity contribution in [1.82, 2.24) is 42.5 Å². The zero-order valence-electron chi connectivity index (χ0n) is 38.5. The molecule has 0 heterocycles. The number of nitrogens with two attached hydrogens (primary N) is 2. The van der Waals surface area contributed by atoms with Crippen LogP contribution in [0.3, 0.4) is 0 Å². The Morgan fingerprint density at radius 1 is 0.537 bits per heavy atom. The second-order valence-electron chi connectivity index (χ2n) is 17.0. The van der Waals surface area contributed by atoms with Gasteiger partial charge in [0, 0.05) is 12.8 Å². The minimum Gasteiger partial charge on any atom is -0.508 e. The lowest BCUT2D eigenvalue weighted by Crippen LogP contribution is -2.60. The molecule has 67 heavy (non-hydrogen) atoms. The summed E-state index contributed by atoms with van der Waals surface area (Å²) in [5.74, 6) is -10.7. The molecule has 1 aromatic carbocycles. The number of carboxylic acid groups (broad SMARTS) is 1. The molecule has 1 aromatic rings. The van der Waals surface area contributed by atoms with Crippen LogP contribution in [0.5, 0.6) is 5.75 Å². The van der Waals surface area contributed by atoms with Crippen LogP contribution in [0.15, 0.2) is 24.3 Å². The van der Waals surface area contributed by atoms with Crippen molar-refractivity contribution in [3.63, 3.8) is 0 Å². The lowest BCUT2D eigenvalue weighted by atomic mass is 10.00. The van der Waals surface area contributed by atoms with Crippen molar-refractivity contribution in [2.75, 3.05) is 26.4 Å². The quantitative estimate of drug-likeness (QED) is 0.0343. The third-order valence-electron chi connectivity index (χ3n) is 9.89. The van der Waals surface area contributed by atoms with Crippen molar-refractivity contribution >= 4 is 59.1 Å². The van der Waals surface area contributed by atoms with E-state index in [0.717, 1.165) is 0 Å². The standard InChI is InChI=1S/C42H68N10O15/c1-20(2)13-26(37(61)48-28(15-23-7-9-24(56)10-8-23)39(63)52-31(19-55)42(66)67)46-33(58)16-45-35(59)29(17-53)50-40(64)30(18-54)51-36(60)25(11-12-32(43)57)47-38(62)27(14-21(3)4)49-41(65)34(44)22(5)6/h7-10,20-22,25-31,34,53-56H,11-19,44H2,1-6H3,(H2,43,57)(H,45,59)(H,46,58)(H,47,62)(H,48,61)(H,49,65)(H,50,64)(H,51,60)(H,52,63)(H,66,67). The van der Waals surface area contributed by atoms with Gasteiger partial charge in [0.25, 0.3) is 0 Å². The molecule has 25 heteroatoms. The van der Waals surface area contributed by atoms with Crippen molar-refractivity contribution < 1.29 is 73.5 Å². The first kappa shape index (κ1) is 58.6. The molecule has 1 rings (SSSR count). The van der Waals surface area contributed by atoms with E-state index in [1.54, 1.807) is 41.5 Å². The average molecular weight is 953 g/mol. The molecule has 376 valence electrons. The van der Waals surface area contributed by atoms with Crippen LogP contribution < -0.4 is 54.0 Å². The fraction of sp³-hybridized carbons (Fsp3) is 0.619. The number of primary amides is 1. The summed E-state index contributed by atoms with van der Waals surface area (Å²) in [6.45, 7) is 6.53. The monoisotopic (exact) mass is 952 g/mol. The van der Waals surface area contributed by atoms with Gasteiger partial charge < -0.3 is 79.5 Å². The lowest BCUT2D eigenvalue weighted by molar-refractivity contribution is -0.143. The number of rotatable bonds is 30. The topological polar surface area (TPSA) is 420 Å². The van der Waals surface area contributed by atoms with Crippen molar-refractivity contribution in [1.29, 1.82) is 0 Å². The van der Waals surface area contributed by atoms with Crippen LogP contribution in [0.2, 0.25) is 0 Å². The van der Waals surface area contributed by atoms with E-state index in [0.29, 0.717) is 5.56 Å². The second-order valence-corrected chi connectivity index (χ2v) is 17.0. The number of aliphatic hydroxyl groups excluding tert-OH is 3. The maximum absolute atomic E-state index is 13.6. The van der Waals surface area contributed by atoms with Gasteiger partial charge in [-0.2, -0.15) is 0 Å². The van der Waals surface area contributed by atoms with Gasteiger partial charge in [0.15, 0.2) is 0 Å². The van der Waals surface area contributed by atoms with Crippen molar-refractivity contribution in [3.8, 4) is 5.75 Å². The zero-order valence-corrected chi connectivity index (χ0v) is 38.5. The molecule has 0 spiro atoms. The van der Waals surface area contributed by atoms with Crippen molar-refractivity contribution in [3.05, 3.63) is 29.8 Å². The molecule has 0 aliphatic heterocycles. The van der Waals surface area contributed by atoms with E-state index < -0.39 is 140 Å². The SMILES string of the molecule is CC(C)CC(NC(=O)CNC(=O)C(CO)NC(=O)C(CO)NC(=O)C(CCC(N)=O)NC(=O)C(CC(C)C)NC(=O)C(N)C(C)C)C(=O)NC(Cc1ccc(O)cc1)C(=O)NC(CO)C(=O)O. The van der Waals surface area contributed by atoms with E-state index in [2.05, 4.69) is 42.5 Å². The van der Waals surface area contributed by atoms with Crippen LogP contribution in [-0.2, 0) is 54.4 Å². The molecule has 8 atom stereocenters. The number of phenols is 1. The van der Waals surface area contributed by atoms with Crippen LogP contribution in [0.25, 0.3) is 0 Å². The van der Waals surface area contributed by atoms with Gasteiger partial charge in [-0.3, -0.25) is 43.2 Å². The summed E-state index contributed by atoms with van der Waals surface area (Å²) in [7, 11) is 0. The highest BCUT2D eigenvalue weighted by atomic mass is 16.4. The van der Waals surface area contributed by atoms with E-state index in [-0.39, 0.29) is 49.2 Å². The summed E-state index contributed by atoms with van der Waals surface area (Å²) in [5.41, 5.74) is 11.7. The highest BCUT2D eigenvalue weighted by molar-refractivity contribution is 5.97. The Bertz CT molecular complexity index is 1860. The summed E-state index contributed by atoms with van der Waals surface area (Å²) in [6.07, 6.45) is -0.841. The highest BCUT2D eigenvalue weighted by Gasteiger charge is 2.34. The Labute approximate surface area is 387 Å². The van der Waals surface area contributed by atoms with Crippen LogP contribution in [0.1, 0.15) is 72.8 Å².